The van der Waals surface area contributed by atoms with Crippen molar-refractivity contribution < 1.29 is 9.84 Å². The van der Waals surface area contributed by atoms with Crippen LogP contribution in [-0.4, -0.2) is 15.1 Å². The summed E-state index contributed by atoms with van der Waals surface area (Å²) in [6.45, 7) is 0. The van der Waals surface area contributed by atoms with Crippen molar-refractivity contribution in [3.8, 4) is 11.5 Å². The second-order valence-corrected chi connectivity index (χ2v) is 5.33. The Kier molecular flexibility index (Phi) is 4.63. The van der Waals surface area contributed by atoms with Gasteiger partial charge in [-0.25, -0.2) is 9.97 Å². The van der Waals surface area contributed by atoms with E-state index in [0.717, 1.165) is 0 Å². The zero-order valence-electron chi connectivity index (χ0n) is 11.7. The third-order valence-electron chi connectivity index (χ3n) is 3.12. The molecule has 6 heteroatoms. The smallest absolute Gasteiger partial charge is 0.140 e. The molecule has 114 valence electrons. The number of aromatic nitrogens is 2. The topological polar surface area (TPSA) is 55.2 Å². The molecule has 0 bridgehead atoms. The first-order valence-corrected chi connectivity index (χ1v) is 7.40. The molecule has 1 heterocycles. The van der Waals surface area contributed by atoms with Gasteiger partial charge in [0.25, 0.3) is 0 Å². The largest absolute Gasteiger partial charge is 0.457 e. The minimum Gasteiger partial charge on any atom is -0.457 e. The number of benzene rings is 1. The number of rotatable bonds is 4. The van der Waals surface area contributed by atoms with Crippen molar-refractivity contribution in [3.05, 3.63) is 82.4 Å². The van der Waals surface area contributed by atoms with Gasteiger partial charge in [0.2, 0.25) is 0 Å². The van der Waals surface area contributed by atoms with Crippen molar-refractivity contribution in [3.63, 3.8) is 0 Å². The third-order valence-corrected chi connectivity index (χ3v) is 3.72. The highest BCUT2D eigenvalue weighted by molar-refractivity contribution is 6.34. The molecule has 0 saturated heterocycles. The van der Waals surface area contributed by atoms with E-state index in [1.807, 2.05) is 0 Å². The highest BCUT2D eigenvalue weighted by atomic mass is 35.5. The second-order valence-electron chi connectivity index (χ2n) is 4.61. The lowest BCUT2D eigenvalue weighted by Crippen LogP contribution is -2.03. The quantitative estimate of drug-likeness (QED) is 0.718. The molecule has 0 radical (unpaired) electrons. The first-order chi connectivity index (χ1) is 11.1. The molecule has 0 amide bonds. The summed E-state index contributed by atoms with van der Waals surface area (Å²) in [6.07, 6.45) is 0.219. The molecule has 0 saturated carbocycles. The lowest BCUT2D eigenvalue weighted by atomic mass is 10.0. The van der Waals surface area contributed by atoms with E-state index >= 15 is 0 Å². The average Bonchev–Trinajstić information content (AvgIpc) is 2.56. The first-order valence-electron chi connectivity index (χ1n) is 6.64. The molecule has 2 aromatic carbocycles. The number of hydrogen-bond acceptors (Lipinski definition) is 4. The third kappa shape index (κ3) is 3.54. The van der Waals surface area contributed by atoms with E-state index in [4.69, 9.17) is 27.9 Å². The van der Waals surface area contributed by atoms with E-state index in [1.54, 1.807) is 42.5 Å². The van der Waals surface area contributed by atoms with Gasteiger partial charge < -0.3 is 9.84 Å². The van der Waals surface area contributed by atoms with Crippen molar-refractivity contribution in [2.75, 3.05) is 0 Å². The second kappa shape index (κ2) is 6.84. The molecule has 1 atom stereocenters. The van der Waals surface area contributed by atoms with E-state index < -0.39 is 6.10 Å². The molecule has 0 fully saturated rings. The number of halogens is 2. The minimum atomic E-state index is -1.02. The van der Waals surface area contributed by atoms with Crippen LogP contribution in [0.5, 0.6) is 11.5 Å². The summed E-state index contributed by atoms with van der Waals surface area (Å²) in [6, 6.07) is 17.7. The Morgan fingerprint density at radius 1 is 0.957 bits per heavy atom. The normalized spacial score (nSPS) is 11.6. The predicted octanol–water partition coefficient (Wildman–Crippen LogP) is 4.26. The maximum absolute atomic E-state index is 10.4. The van der Waals surface area contributed by atoms with Gasteiger partial charge in [0.05, 0.1) is 5.56 Å². The predicted molar refractivity (Wildman–Crippen MR) is 86.7 cm³/mol. The lowest BCUT2D eigenvalue weighted by molar-refractivity contribution is 0.219. The number of hydrogen-bond donors (Lipinski definition) is 1. The standard InChI is InChI=1S/C17H10Cl2N2O2/c18-16-14(17(19)21-10-20-16)15(22)11-6-8-13(9-7-11)23-12-4-2-1-3-5-12/h2,4-10,15,22H. The highest BCUT2D eigenvalue weighted by Crippen LogP contribution is 2.32. The number of aliphatic hydroxyl groups excluding tert-OH is 1. The van der Waals surface area contributed by atoms with Crippen LogP contribution in [0.15, 0.2) is 48.8 Å². The van der Waals surface area contributed by atoms with E-state index in [0.29, 0.717) is 17.1 Å². The number of aliphatic hydroxyl groups is 1. The Balaban J connectivity index is 1.82. The molecule has 23 heavy (non-hydrogen) atoms. The molecule has 0 spiro atoms. The lowest BCUT2D eigenvalue weighted by Gasteiger charge is -2.14. The maximum Gasteiger partial charge on any atom is 0.140 e. The van der Waals surface area contributed by atoms with Crippen molar-refractivity contribution in [2.24, 2.45) is 0 Å². The van der Waals surface area contributed by atoms with Gasteiger partial charge >= 0.3 is 0 Å². The maximum atomic E-state index is 10.4. The zero-order valence-corrected chi connectivity index (χ0v) is 13.2. The Hall–Kier alpha value is -2.32. The van der Waals surface area contributed by atoms with Crippen LogP contribution in [0, 0.1) is 12.1 Å². The summed E-state index contributed by atoms with van der Waals surface area (Å²) in [4.78, 5) is 7.68. The summed E-state index contributed by atoms with van der Waals surface area (Å²) in [7, 11) is 0. The summed E-state index contributed by atoms with van der Waals surface area (Å²) in [5.74, 6) is 1.28. The fourth-order valence-electron chi connectivity index (χ4n) is 2.00. The highest BCUT2D eigenvalue weighted by Gasteiger charge is 2.19. The van der Waals surface area contributed by atoms with Crippen LogP contribution in [-0.2, 0) is 0 Å². The van der Waals surface area contributed by atoms with Gasteiger partial charge in [-0.1, -0.05) is 47.5 Å². The van der Waals surface area contributed by atoms with Gasteiger partial charge in [-0.2, -0.15) is 0 Å². The van der Waals surface area contributed by atoms with Gasteiger partial charge in [0, 0.05) is 6.07 Å². The Morgan fingerprint density at radius 3 is 2.26 bits per heavy atom. The van der Waals surface area contributed by atoms with Gasteiger partial charge in [0.1, 0.15) is 34.2 Å². The molecule has 1 N–H and O–H groups in total. The molecule has 3 rings (SSSR count). The molecular weight excluding hydrogens is 335 g/mol. The minimum absolute atomic E-state index is 0.119. The molecule has 0 aliphatic heterocycles. The van der Waals surface area contributed by atoms with Crippen molar-refractivity contribution in [1.82, 2.24) is 9.97 Å². The summed E-state index contributed by atoms with van der Waals surface area (Å²) >= 11 is 12.0. The van der Waals surface area contributed by atoms with E-state index in [2.05, 4.69) is 22.1 Å². The zero-order chi connectivity index (χ0) is 16.2. The fourth-order valence-corrected chi connectivity index (χ4v) is 2.52. The Bertz CT molecular complexity index is 775. The van der Waals surface area contributed by atoms with E-state index in [-0.39, 0.29) is 15.9 Å². The van der Waals surface area contributed by atoms with Crippen LogP contribution in [0.3, 0.4) is 0 Å². The van der Waals surface area contributed by atoms with Crippen LogP contribution >= 0.6 is 23.2 Å². The molecule has 3 aromatic rings. The number of nitrogens with zero attached hydrogens (tertiary/aromatic N) is 2. The molecular formula is C17H10Cl2N2O2. The van der Waals surface area contributed by atoms with E-state index in [9.17, 15) is 5.11 Å². The fraction of sp³-hybridized carbons (Fsp3) is 0.0588. The van der Waals surface area contributed by atoms with E-state index in [1.165, 1.54) is 6.33 Å². The molecule has 1 unspecified atom stereocenters. The average molecular weight is 345 g/mol. The van der Waals surface area contributed by atoms with Gasteiger partial charge in [-0.05, 0) is 29.8 Å². The summed E-state index contributed by atoms with van der Waals surface area (Å²) in [5.41, 5.74) is 0.876. The van der Waals surface area contributed by atoms with Gasteiger partial charge in [0.15, 0.2) is 0 Å². The summed E-state index contributed by atoms with van der Waals surface area (Å²) in [5, 5.41) is 10.7. The number of ether oxygens (including phenoxy) is 1. The van der Waals surface area contributed by atoms with Crippen LogP contribution in [0.1, 0.15) is 17.2 Å². The molecule has 0 aliphatic carbocycles. The molecule has 1 aromatic heterocycles. The monoisotopic (exact) mass is 344 g/mol. The van der Waals surface area contributed by atoms with Crippen LogP contribution in [0.4, 0.5) is 0 Å². The summed E-state index contributed by atoms with van der Waals surface area (Å²) < 4.78 is 5.66. The molecule has 4 nitrogen and oxygen atoms in total. The van der Waals surface area contributed by atoms with Crippen LogP contribution in [0.25, 0.3) is 0 Å². The van der Waals surface area contributed by atoms with Crippen LogP contribution in [0.2, 0.25) is 10.3 Å². The van der Waals surface area contributed by atoms with Crippen molar-refractivity contribution in [1.29, 1.82) is 0 Å². The first kappa shape index (κ1) is 15.6. The molecule has 0 aliphatic rings. The van der Waals surface area contributed by atoms with Crippen molar-refractivity contribution in [2.45, 2.75) is 6.10 Å². The Labute approximate surface area is 143 Å². The van der Waals surface area contributed by atoms with Crippen LogP contribution < -0.4 is 4.74 Å². The Morgan fingerprint density at radius 2 is 1.65 bits per heavy atom. The van der Waals surface area contributed by atoms with Crippen molar-refractivity contribution >= 4 is 23.2 Å². The van der Waals surface area contributed by atoms with Gasteiger partial charge in [-0.3, -0.25) is 0 Å². The van der Waals surface area contributed by atoms with Gasteiger partial charge in [-0.15, -0.1) is 0 Å². The SMILES string of the molecule is OC(c1ccc(Oc2cc#ccc2)cc1)c1c(Cl)ncnc1Cl.